The zero-order valence-corrected chi connectivity index (χ0v) is 21.8. The minimum Gasteiger partial charge on any atom is -0.495 e. The second-order valence-corrected chi connectivity index (χ2v) is 10.4. The van der Waals surface area contributed by atoms with Crippen LogP contribution in [-0.4, -0.2) is 47.2 Å². The molecule has 194 valence electrons. The Morgan fingerprint density at radius 1 is 1.11 bits per heavy atom. The number of methoxy groups -OCH3 is 1. The first-order valence-electron chi connectivity index (χ1n) is 11.4. The van der Waals surface area contributed by atoms with Crippen molar-refractivity contribution in [2.75, 3.05) is 36.5 Å². The van der Waals surface area contributed by atoms with Crippen LogP contribution in [0.5, 0.6) is 11.5 Å². The van der Waals surface area contributed by atoms with Crippen LogP contribution in [-0.2, 0) is 26.0 Å². The minimum absolute atomic E-state index is 0.0421. The Kier molecular flexibility index (Phi) is 7.89. The van der Waals surface area contributed by atoms with Gasteiger partial charge in [0.05, 0.1) is 25.9 Å². The van der Waals surface area contributed by atoms with E-state index in [1.807, 2.05) is 6.07 Å². The smallest absolute Gasteiger partial charge is 0.302 e. The molecule has 1 amide bonds. The van der Waals surface area contributed by atoms with E-state index in [2.05, 4.69) is 5.32 Å². The number of carbonyl (C=O) groups excluding carboxylic acids is 2. The van der Waals surface area contributed by atoms with Crippen LogP contribution in [0.1, 0.15) is 22.8 Å². The Morgan fingerprint density at radius 3 is 2.68 bits per heavy atom. The van der Waals surface area contributed by atoms with Crippen molar-refractivity contribution in [2.45, 2.75) is 18.2 Å². The molecule has 0 aromatic heterocycles. The molecule has 0 fully saturated rings. The predicted molar refractivity (Wildman–Crippen MR) is 139 cm³/mol. The van der Waals surface area contributed by atoms with Gasteiger partial charge in [0.2, 0.25) is 0 Å². The molecule has 0 spiro atoms. The Balaban J connectivity index is 1.59. The molecule has 0 bridgehead atoms. The van der Waals surface area contributed by atoms with Crippen molar-refractivity contribution in [3.63, 3.8) is 0 Å². The number of esters is 1. The second-order valence-electron chi connectivity index (χ2n) is 8.15. The van der Waals surface area contributed by atoms with Gasteiger partial charge in [0.15, 0.2) is 0 Å². The summed E-state index contributed by atoms with van der Waals surface area (Å²) in [5, 5.41) is 3.07. The summed E-state index contributed by atoms with van der Waals surface area (Å²) in [6.45, 7) is 1.76. The highest BCUT2D eigenvalue weighted by Crippen LogP contribution is 2.38. The SMILES string of the molecule is COc1ccc(Cl)cc1S(=O)(=O)N1CCOc2ccc(C(=O)Nc3cccc(CCOC(C)=O)c3)cc21. The average Bonchev–Trinajstić information content (AvgIpc) is 2.88. The van der Waals surface area contributed by atoms with Crippen LogP contribution < -0.4 is 19.1 Å². The lowest BCUT2D eigenvalue weighted by molar-refractivity contribution is -0.140. The van der Waals surface area contributed by atoms with Crippen LogP contribution in [0.3, 0.4) is 0 Å². The summed E-state index contributed by atoms with van der Waals surface area (Å²) in [6.07, 6.45) is 0.499. The Bertz CT molecular complexity index is 1440. The van der Waals surface area contributed by atoms with E-state index < -0.39 is 15.9 Å². The number of fused-ring (bicyclic) bond motifs is 1. The van der Waals surface area contributed by atoms with Gasteiger partial charge in [0.1, 0.15) is 23.0 Å². The van der Waals surface area contributed by atoms with Crippen molar-refractivity contribution < 1.29 is 32.2 Å². The molecule has 3 aromatic carbocycles. The number of halogens is 1. The molecule has 3 aromatic rings. The molecular weight excluding hydrogens is 520 g/mol. The van der Waals surface area contributed by atoms with E-state index in [-0.39, 0.29) is 52.6 Å². The fourth-order valence-electron chi connectivity index (χ4n) is 3.88. The molecule has 0 saturated carbocycles. The highest BCUT2D eigenvalue weighted by Gasteiger charge is 2.33. The van der Waals surface area contributed by atoms with E-state index in [1.165, 1.54) is 36.5 Å². The molecule has 1 heterocycles. The molecule has 1 aliphatic heterocycles. The highest BCUT2D eigenvalue weighted by molar-refractivity contribution is 7.93. The summed E-state index contributed by atoms with van der Waals surface area (Å²) in [5.74, 6) is -0.298. The number of carbonyl (C=O) groups is 2. The first kappa shape index (κ1) is 26.3. The third-order valence-electron chi connectivity index (χ3n) is 5.62. The van der Waals surface area contributed by atoms with Crippen LogP contribution in [0.15, 0.2) is 65.6 Å². The maximum absolute atomic E-state index is 13.6. The molecule has 37 heavy (non-hydrogen) atoms. The van der Waals surface area contributed by atoms with Crippen LogP contribution in [0.2, 0.25) is 5.02 Å². The summed E-state index contributed by atoms with van der Waals surface area (Å²) in [7, 11) is -2.71. The largest absolute Gasteiger partial charge is 0.495 e. The first-order chi connectivity index (χ1) is 17.7. The summed E-state index contributed by atoms with van der Waals surface area (Å²) >= 11 is 6.08. The normalized spacial score (nSPS) is 12.8. The van der Waals surface area contributed by atoms with Gasteiger partial charge >= 0.3 is 5.97 Å². The van der Waals surface area contributed by atoms with E-state index in [4.69, 9.17) is 25.8 Å². The van der Waals surface area contributed by atoms with E-state index in [9.17, 15) is 18.0 Å². The first-order valence-corrected chi connectivity index (χ1v) is 13.2. The molecule has 0 unspecified atom stereocenters. The Morgan fingerprint density at radius 2 is 1.92 bits per heavy atom. The maximum atomic E-state index is 13.6. The maximum Gasteiger partial charge on any atom is 0.302 e. The van der Waals surface area contributed by atoms with Gasteiger partial charge in [0, 0.05) is 29.6 Å². The van der Waals surface area contributed by atoms with Gasteiger partial charge in [0.25, 0.3) is 15.9 Å². The molecule has 0 saturated heterocycles. The molecule has 1 N–H and O–H groups in total. The summed E-state index contributed by atoms with van der Waals surface area (Å²) in [6, 6.07) is 16.1. The lowest BCUT2D eigenvalue weighted by Gasteiger charge is -2.31. The van der Waals surface area contributed by atoms with Gasteiger partial charge in [-0.15, -0.1) is 0 Å². The van der Waals surface area contributed by atoms with Crippen LogP contribution in [0, 0.1) is 0 Å². The minimum atomic E-state index is -4.09. The number of ether oxygens (including phenoxy) is 3. The number of amides is 1. The summed E-state index contributed by atoms with van der Waals surface area (Å²) < 4.78 is 44.3. The van der Waals surface area contributed by atoms with Crippen molar-refractivity contribution >= 4 is 44.9 Å². The van der Waals surface area contributed by atoms with Crippen molar-refractivity contribution in [1.29, 1.82) is 0 Å². The van der Waals surface area contributed by atoms with Crippen molar-refractivity contribution in [3.05, 3.63) is 76.8 Å². The molecule has 1 aliphatic rings. The zero-order valence-electron chi connectivity index (χ0n) is 20.2. The fourth-order valence-corrected chi connectivity index (χ4v) is 5.75. The fraction of sp³-hybridized carbons (Fsp3) is 0.231. The van der Waals surface area contributed by atoms with Gasteiger partial charge in [-0.1, -0.05) is 23.7 Å². The van der Waals surface area contributed by atoms with Crippen LogP contribution in [0.4, 0.5) is 11.4 Å². The number of hydrogen-bond acceptors (Lipinski definition) is 7. The molecule has 0 aliphatic carbocycles. The second kappa shape index (κ2) is 11.1. The molecular formula is C26H25ClN2O7S. The van der Waals surface area contributed by atoms with Crippen LogP contribution >= 0.6 is 11.6 Å². The van der Waals surface area contributed by atoms with Gasteiger partial charge < -0.3 is 19.5 Å². The molecule has 9 nitrogen and oxygen atoms in total. The Labute approximate surface area is 219 Å². The predicted octanol–water partition coefficient (Wildman–Crippen LogP) is 4.29. The van der Waals surface area contributed by atoms with Crippen LogP contribution in [0.25, 0.3) is 0 Å². The van der Waals surface area contributed by atoms with Gasteiger partial charge in [-0.05, 0) is 54.1 Å². The van der Waals surface area contributed by atoms with E-state index in [0.717, 1.165) is 5.56 Å². The number of sulfonamides is 1. The van der Waals surface area contributed by atoms with Gasteiger partial charge in [-0.3, -0.25) is 13.9 Å². The molecule has 0 radical (unpaired) electrons. The monoisotopic (exact) mass is 544 g/mol. The van der Waals surface area contributed by atoms with Crippen molar-refractivity contribution in [1.82, 2.24) is 0 Å². The number of nitrogens with zero attached hydrogens (tertiary/aromatic N) is 1. The number of nitrogens with one attached hydrogen (secondary N) is 1. The third kappa shape index (κ3) is 5.98. The molecule has 4 rings (SSSR count). The number of benzene rings is 3. The lowest BCUT2D eigenvalue weighted by Crippen LogP contribution is -2.38. The lowest BCUT2D eigenvalue weighted by atomic mass is 10.1. The zero-order chi connectivity index (χ0) is 26.6. The summed E-state index contributed by atoms with van der Waals surface area (Å²) in [4.78, 5) is 23.9. The Hall–Kier alpha value is -3.76. The average molecular weight is 545 g/mol. The standard InChI is InChI=1S/C26H25ClN2O7S/c1-17(30)35-12-10-18-4-3-5-21(14-18)28-26(31)19-6-8-23-22(15-19)29(11-13-36-23)37(32,33)25-16-20(27)7-9-24(25)34-2/h3-9,14-16H,10-13H2,1-2H3,(H,28,31). The third-order valence-corrected chi connectivity index (χ3v) is 7.69. The van der Waals surface area contributed by atoms with Crippen molar-refractivity contribution in [2.24, 2.45) is 0 Å². The van der Waals surface area contributed by atoms with E-state index in [1.54, 1.807) is 36.4 Å². The number of hydrogen-bond donors (Lipinski definition) is 1. The van der Waals surface area contributed by atoms with Gasteiger partial charge in [-0.2, -0.15) is 0 Å². The van der Waals surface area contributed by atoms with Gasteiger partial charge in [-0.25, -0.2) is 8.42 Å². The van der Waals surface area contributed by atoms with E-state index >= 15 is 0 Å². The number of rotatable bonds is 8. The van der Waals surface area contributed by atoms with Crippen molar-refractivity contribution in [3.8, 4) is 11.5 Å². The molecule has 0 atom stereocenters. The number of anilines is 2. The topological polar surface area (TPSA) is 111 Å². The summed E-state index contributed by atoms with van der Waals surface area (Å²) in [5.41, 5.74) is 1.90. The highest BCUT2D eigenvalue weighted by atomic mass is 35.5. The quantitative estimate of drug-likeness (QED) is 0.421. The molecule has 11 heteroatoms. The van der Waals surface area contributed by atoms with E-state index in [0.29, 0.717) is 17.9 Å².